The number of aromatic nitrogens is 1. The molecule has 3 amide bonds. The van der Waals surface area contributed by atoms with Crippen LogP contribution in [0.3, 0.4) is 0 Å². The topological polar surface area (TPSA) is 62.6 Å². The van der Waals surface area contributed by atoms with E-state index in [1.165, 1.54) is 0 Å². The first-order valence-electron chi connectivity index (χ1n) is 9.27. The average molecular weight is 365 g/mol. The van der Waals surface area contributed by atoms with E-state index in [0.29, 0.717) is 5.56 Å². The van der Waals surface area contributed by atoms with Crippen LogP contribution in [-0.4, -0.2) is 51.2 Å². The number of nitrogens with zero attached hydrogens (tertiary/aromatic N) is 3. The minimum atomic E-state index is -0.330. The fourth-order valence-electron chi connectivity index (χ4n) is 3.83. The van der Waals surface area contributed by atoms with Crippen molar-refractivity contribution in [3.8, 4) is 5.69 Å². The maximum atomic E-state index is 12.9. The van der Waals surface area contributed by atoms with Gasteiger partial charge in [0, 0.05) is 28.7 Å². The first-order valence-corrected chi connectivity index (χ1v) is 9.27. The van der Waals surface area contributed by atoms with Gasteiger partial charge in [-0.1, -0.05) is 12.1 Å². The number of amides is 3. The molecule has 1 aromatic carbocycles. The SMILES string of the molecule is Cc1cccc(-n2c(C)cc(C(=O)CN3C(=O)CN(C4CC4)C3=O)c2C)c1. The zero-order valence-electron chi connectivity index (χ0n) is 15.9. The van der Waals surface area contributed by atoms with E-state index in [4.69, 9.17) is 0 Å². The molecule has 0 atom stereocenters. The van der Waals surface area contributed by atoms with Gasteiger partial charge < -0.3 is 9.47 Å². The number of carbonyl (C=O) groups is 3. The first kappa shape index (κ1) is 17.5. The highest BCUT2D eigenvalue weighted by Gasteiger charge is 2.44. The summed E-state index contributed by atoms with van der Waals surface area (Å²) < 4.78 is 2.03. The highest BCUT2D eigenvalue weighted by molar-refractivity contribution is 6.08. The zero-order valence-corrected chi connectivity index (χ0v) is 15.9. The Labute approximate surface area is 158 Å². The zero-order chi connectivity index (χ0) is 19.3. The van der Waals surface area contributed by atoms with Crippen molar-refractivity contribution in [2.45, 2.75) is 39.7 Å². The summed E-state index contributed by atoms with van der Waals surface area (Å²) in [6, 6.07) is 9.76. The molecule has 140 valence electrons. The largest absolute Gasteiger partial charge is 0.327 e. The third kappa shape index (κ3) is 3.05. The standard InChI is InChI=1S/C21H23N3O3/c1-13-5-4-6-17(9-13)24-14(2)10-18(15(24)3)19(25)11-23-20(26)12-22(21(23)27)16-7-8-16/h4-6,9-10,16H,7-8,11-12H2,1-3H3. The molecule has 1 saturated carbocycles. The Balaban J connectivity index is 1.59. The van der Waals surface area contributed by atoms with Gasteiger partial charge in [-0.05, 0) is 57.4 Å². The van der Waals surface area contributed by atoms with Crippen LogP contribution in [0.15, 0.2) is 30.3 Å². The van der Waals surface area contributed by atoms with Gasteiger partial charge in [-0.2, -0.15) is 0 Å². The second-order valence-electron chi connectivity index (χ2n) is 7.50. The van der Waals surface area contributed by atoms with E-state index in [0.717, 1.165) is 40.4 Å². The summed E-state index contributed by atoms with van der Waals surface area (Å²) in [5, 5.41) is 0. The summed E-state index contributed by atoms with van der Waals surface area (Å²) in [6.45, 7) is 5.78. The Morgan fingerprint density at radius 3 is 2.52 bits per heavy atom. The third-order valence-corrected chi connectivity index (χ3v) is 5.36. The lowest BCUT2D eigenvalue weighted by atomic mass is 10.1. The maximum absolute atomic E-state index is 12.9. The predicted octanol–water partition coefficient (Wildman–Crippen LogP) is 3.01. The van der Waals surface area contributed by atoms with E-state index in [9.17, 15) is 14.4 Å². The van der Waals surface area contributed by atoms with E-state index in [1.54, 1.807) is 4.90 Å². The molecule has 2 aromatic rings. The van der Waals surface area contributed by atoms with Crippen LogP contribution < -0.4 is 0 Å². The monoisotopic (exact) mass is 365 g/mol. The number of carbonyl (C=O) groups excluding carboxylic acids is 3. The first-order chi connectivity index (χ1) is 12.9. The second kappa shape index (κ2) is 6.37. The molecular formula is C21H23N3O3. The number of hydrogen-bond acceptors (Lipinski definition) is 3. The molecule has 6 heteroatoms. The Morgan fingerprint density at radius 1 is 1.11 bits per heavy atom. The molecule has 4 rings (SSSR count). The van der Waals surface area contributed by atoms with Gasteiger partial charge in [0.25, 0.3) is 5.91 Å². The minimum Gasteiger partial charge on any atom is -0.318 e. The van der Waals surface area contributed by atoms with E-state index < -0.39 is 0 Å². The van der Waals surface area contributed by atoms with Crippen LogP contribution in [0.5, 0.6) is 0 Å². The van der Waals surface area contributed by atoms with Crippen LogP contribution in [0.4, 0.5) is 4.79 Å². The number of ketones is 1. The number of rotatable bonds is 5. The van der Waals surface area contributed by atoms with Gasteiger partial charge in [0.1, 0.15) is 6.54 Å². The van der Waals surface area contributed by atoms with Crippen molar-refractivity contribution in [2.75, 3.05) is 13.1 Å². The van der Waals surface area contributed by atoms with Crippen LogP contribution in [0.25, 0.3) is 5.69 Å². The molecular weight excluding hydrogens is 342 g/mol. The molecule has 2 fully saturated rings. The molecule has 27 heavy (non-hydrogen) atoms. The quantitative estimate of drug-likeness (QED) is 0.604. The van der Waals surface area contributed by atoms with Crippen molar-refractivity contribution in [3.63, 3.8) is 0 Å². The number of hydrogen-bond donors (Lipinski definition) is 0. The highest BCUT2D eigenvalue weighted by Crippen LogP contribution is 2.30. The summed E-state index contributed by atoms with van der Waals surface area (Å²) in [6.07, 6.45) is 1.89. The Kier molecular flexibility index (Phi) is 4.13. The normalized spacial score (nSPS) is 17.1. The molecule has 0 N–H and O–H groups in total. The molecule has 6 nitrogen and oxygen atoms in total. The van der Waals surface area contributed by atoms with Crippen molar-refractivity contribution in [2.24, 2.45) is 0 Å². The van der Waals surface area contributed by atoms with E-state index in [2.05, 4.69) is 6.07 Å². The molecule has 0 bridgehead atoms. The molecule has 2 aliphatic rings. The lowest BCUT2D eigenvalue weighted by Crippen LogP contribution is -2.37. The van der Waals surface area contributed by atoms with Crippen molar-refractivity contribution in [1.82, 2.24) is 14.4 Å². The van der Waals surface area contributed by atoms with Gasteiger partial charge >= 0.3 is 6.03 Å². The van der Waals surface area contributed by atoms with E-state index in [1.807, 2.05) is 49.6 Å². The van der Waals surface area contributed by atoms with Crippen LogP contribution in [0.2, 0.25) is 0 Å². The lowest BCUT2D eigenvalue weighted by molar-refractivity contribution is -0.125. The fourth-order valence-corrected chi connectivity index (χ4v) is 3.83. The van der Waals surface area contributed by atoms with Crippen molar-refractivity contribution < 1.29 is 14.4 Å². The number of imide groups is 1. The van der Waals surface area contributed by atoms with Crippen molar-refractivity contribution in [3.05, 3.63) is 52.8 Å². The molecule has 2 heterocycles. The molecule has 0 unspecified atom stereocenters. The second-order valence-corrected chi connectivity index (χ2v) is 7.50. The minimum absolute atomic E-state index is 0.0963. The van der Waals surface area contributed by atoms with E-state index >= 15 is 0 Å². The van der Waals surface area contributed by atoms with Crippen LogP contribution in [0, 0.1) is 20.8 Å². The van der Waals surface area contributed by atoms with E-state index in [-0.39, 0.29) is 36.9 Å². The summed E-state index contributed by atoms with van der Waals surface area (Å²) in [4.78, 5) is 40.2. The van der Waals surface area contributed by atoms with Gasteiger partial charge in [-0.15, -0.1) is 0 Å². The smallest absolute Gasteiger partial charge is 0.318 e. The van der Waals surface area contributed by atoms with Crippen molar-refractivity contribution >= 4 is 17.7 Å². The van der Waals surface area contributed by atoms with Crippen LogP contribution in [0.1, 0.15) is 40.2 Å². The Hall–Kier alpha value is -2.89. The van der Waals surface area contributed by atoms with Gasteiger partial charge in [0.05, 0.1) is 6.54 Å². The number of Topliss-reactive ketones (excluding diaryl/α,β-unsaturated/α-hetero) is 1. The summed E-state index contributed by atoms with van der Waals surface area (Å²) in [5.41, 5.74) is 4.46. The number of urea groups is 1. The summed E-state index contributed by atoms with van der Waals surface area (Å²) in [7, 11) is 0. The van der Waals surface area contributed by atoms with Gasteiger partial charge in [-0.25, -0.2) is 4.79 Å². The van der Waals surface area contributed by atoms with Gasteiger partial charge in [0.2, 0.25) is 0 Å². The molecule has 1 saturated heterocycles. The summed E-state index contributed by atoms with van der Waals surface area (Å²) >= 11 is 0. The Morgan fingerprint density at radius 2 is 1.85 bits per heavy atom. The molecule has 0 radical (unpaired) electrons. The highest BCUT2D eigenvalue weighted by atomic mass is 16.2. The maximum Gasteiger partial charge on any atom is 0.327 e. The molecule has 0 spiro atoms. The Bertz CT molecular complexity index is 956. The lowest BCUT2D eigenvalue weighted by Gasteiger charge is -2.16. The third-order valence-electron chi connectivity index (χ3n) is 5.36. The van der Waals surface area contributed by atoms with Crippen LogP contribution >= 0.6 is 0 Å². The number of aryl methyl sites for hydroxylation is 2. The molecule has 1 aliphatic heterocycles. The fraction of sp³-hybridized carbons (Fsp3) is 0.381. The van der Waals surface area contributed by atoms with Gasteiger partial charge in [-0.3, -0.25) is 14.5 Å². The predicted molar refractivity (Wildman–Crippen MR) is 101 cm³/mol. The van der Waals surface area contributed by atoms with Crippen molar-refractivity contribution in [1.29, 1.82) is 0 Å². The number of benzene rings is 1. The summed E-state index contributed by atoms with van der Waals surface area (Å²) in [5.74, 6) is -0.492. The average Bonchev–Trinajstić information content (AvgIpc) is 3.36. The van der Waals surface area contributed by atoms with Crippen LogP contribution in [-0.2, 0) is 4.79 Å². The van der Waals surface area contributed by atoms with Gasteiger partial charge in [0.15, 0.2) is 5.78 Å². The molecule has 1 aliphatic carbocycles. The molecule has 1 aromatic heterocycles.